The zero-order valence-electron chi connectivity index (χ0n) is 16.9. The van der Waals surface area contributed by atoms with Crippen LogP contribution in [-0.2, 0) is 9.53 Å². The molecule has 25 heavy (non-hydrogen) atoms. The molecule has 3 nitrogen and oxygen atoms in total. The van der Waals surface area contributed by atoms with Gasteiger partial charge in [-0.2, -0.15) is 0 Å². The number of carbonyl (C=O) groups excluding carboxylic acids is 1. The summed E-state index contributed by atoms with van der Waals surface area (Å²) >= 11 is 0. The lowest BCUT2D eigenvalue weighted by molar-refractivity contribution is -0.139. The molecular weight excluding hydrogens is 312 g/mol. The molecule has 0 aromatic carbocycles. The van der Waals surface area contributed by atoms with Crippen molar-refractivity contribution < 1.29 is 14.6 Å². The molecule has 0 bridgehead atoms. The number of rotatable bonds is 18. The van der Waals surface area contributed by atoms with Crippen molar-refractivity contribution in [1.82, 2.24) is 0 Å². The van der Waals surface area contributed by atoms with Crippen LogP contribution in [-0.4, -0.2) is 24.3 Å². The number of carbonyl (C=O) groups is 1. The van der Waals surface area contributed by atoms with Gasteiger partial charge in [-0.3, -0.25) is 0 Å². The zero-order valence-corrected chi connectivity index (χ0v) is 16.9. The highest BCUT2D eigenvalue weighted by Gasteiger charge is 2.04. The molecule has 0 aliphatic carbocycles. The van der Waals surface area contributed by atoms with Gasteiger partial charge in [0.2, 0.25) is 0 Å². The average Bonchev–Trinajstić information content (AvgIpc) is 2.62. The van der Waals surface area contributed by atoms with Crippen molar-refractivity contribution in [3.63, 3.8) is 0 Å². The largest absolute Gasteiger partial charge is 0.462 e. The summed E-state index contributed by atoms with van der Waals surface area (Å²) in [6, 6.07) is 0. The summed E-state index contributed by atoms with van der Waals surface area (Å²) in [7, 11) is 0. The van der Waals surface area contributed by atoms with Gasteiger partial charge in [0, 0.05) is 12.2 Å². The molecule has 0 aliphatic heterocycles. The Hall–Kier alpha value is -0.830. The number of hydrogen-bond acceptors (Lipinski definition) is 3. The Morgan fingerprint density at radius 2 is 1.24 bits per heavy atom. The molecule has 1 N–H and O–H groups in total. The minimum absolute atomic E-state index is 0.0730. The fraction of sp³-hybridized carbons (Fsp3) is 0.864. The first-order chi connectivity index (χ1) is 12.2. The van der Waals surface area contributed by atoms with Crippen molar-refractivity contribution in [2.45, 2.75) is 110 Å². The van der Waals surface area contributed by atoms with Crippen molar-refractivity contribution in [3.8, 4) is 0 Å². The first kappa shape index (κ1) is 24.2. The highest BCUT2D eigenvalue weighted by Crippen LogP contribution is 2.13. The van der Waals surface area contributed by atoms with Gasteiger partial charge in [-0.05, 0) is 19.8 Å². The van der Waals surface area contributed by atoms with E-state index in [-0.39, 0.29) is 12.6 Å². The normalized spacial score (nSPS) is 11.7. The fourth-order valence-corrected chi connectivity index (χ4v) is 2.94. The number of hydrogen-bond donors (Lipinski definition) is 1. The Balaban J connectivity index is 3.22. The highest BCUT2D eigenvalue weighted by atomic mass is 16.5. The maximum absolute atomic E-state index is 11.6. The molecule has 0 aromatic heterocycles. The van der Waals surface area contributed by atoms with E-state index in [1.165, 1.54) is 77.0 Å². The van der Waals surface area contributed by atoms with E-state index < -0.39 is 0 Å². The second-order valence-corrected chi connectivity index (χ2v) is 7.13. The molecule has 0 fully saturated rings. The Bertz CT molecular complexity index is 323. The molecule has 0 saturated heterocycles. The predicted octanol–water partition coefficient (Wildman–Crippen LogP) is 6.34. The molecule has 0 unspecified atom stereocenters. The van der Waals surface area contributed by atoms with Crippen molar-refractivity contribution in [2.24, 2.45) is 0 Å². The van der Waals surface area contributed by atoms with Crippen molar-refractivity contribution in [2.75, 3.05) is 13.2 Å². The van der Waals surface area contributed by atoms with Gasteiger partial charge in [-0.25, -0.2) is 4.79 Å². The second kappa shape index (κ2) is 19.5. The summed E-state index contributed by atoms with van der Waals surface area (Å²) in [6.07, 6.45) is 20.8. The molecule has 0 spiro atoms. The molecule has 0 rings (SSSR count). The lowest BCUT2D eigenvalue weighted by atomic mass is 10.0. The van der Waals surface area contributed by atoms with Gasteiger partial charge in [0.15, 0.2) is 0 Å². The molecule has 0 amide bonds. The molecule has 0 aromatic rings. The topological polar surface area (TPSA) is 46.5 Å². The molecule has 0 saturated carbocycles. The summed E-state index contributed by atoms with van der Waals surface area (Å²) in [4.78, 5) is 11.6. The first-order valence-corrected chi connectivity index (χ1v) is 10.7. The Morgan fingerprint density at radius 1 is 0.800 bits per heavy atom. The van der Waals surface area contributed by atoms with Crippen LogP contribution < -0.4 is 0 Å². The molecule has 3 heteroatoms. The summed E-state index contributed by atoms with van der Waals surface area (Å²) in [5, 5.41) is 8.72. The van der Waals surface area contributed by atoms with Crippen LogP contribution in [0.3, 0.4) is 0 Å². The van der Waals surface area contributed by atoms with Crippen LogP contribution in [0.25, 0.3) is 0 Å². The summed E-state index contributed by atoms with van der Waals surface area (Å²) < 4.78 is 5.22. The number of unbranched alkanes of at least 4 members (excludes halogenated alkanes) is 13. The van der Waals surface area contributed by atoms with E-state index in [1.54, 1.807) is 13.0 Å². The minimum atomic E-state index is -0.247. The van der Waals surface area contributed by atoms with Crippen LogP contribution in [0.5, 0.6) is 0 Å². The lowest BCUT2D eigenvalue weighted by Gasteiger charge is -2.05. The third kappa shape index (κ3) is 17.8. The van der Waals surface area contributed by atoms with E-state index in [0.29, 0.717) is 18.6 Å². The van der Waals surface area contributed by atoms with Crippen molar-refractivity contribution in [3.05, 3.63) is 11.6 Å². The van der Waals surface area contributed by atoms with E-state index in [1.807, 2.05) is 0 Å². The number of aliphatic hydroxyl groups is 1. The van der Waals surface area contributed by atoms with Crippen LogP contribution in [0.4, 0.5) is 0 Å². The van der Waals surface area contributed by atoms with E-state index in [4.69, 9.17) is 9.84 Å². The van der Waals surface area contributed by atoms with E-state index >= 15 is 0 Å². The van der Waals surface area contributed by atoms with Gasteiger partial charge in [0.1, 0.15) is 0 Å². The van der Waals surface area contributed by atoms with Gasteiger partial charge in [0.25, 0.3) is 0 Å². The predicted molar refractivity (Wildman–Crippen MR) is 107 cm³/mol. The standard InChI is InChI=1S/C22H42O3/c1-3-4-5-6-7-8-9-10-11-12-13-14-15-16-20-25-22(24)21(2)18-17-19-23/h18,23H,3-17,19-20H2,1-2H3. The summed E-state index contributed by atoms with van der Waals surface area (Å²) in [5.74, 6) is -0.247. The van der Waals surface area contributed by atoms with Crippen LogP contribution in [0.1, 0.15) is 110 Å². The van der Waals surface area contributed by atoms with Gasteiger partial charge in [0.05, 0.1) is 6.61 Å². The molecule has 0 heterocycles. The van der Waals surface area contributed by atoms with Crippen molar-refractivity contribution >= 4 is 5.97 Å². The van der Waals surface area contributed by atoms with E-state index in [9.17, 15) is 4.79 Å². The Kier molecular flexibility index (Phi) is 18.8. The quantitative estimate of drug-likeness (QED) is 0.177. The van der Waals surface area contributed by atoms with Crippen LogP contribution >= 0.6 is 0 Å². The van der Waals surface area contributed by atoms with Gasteiger partial charge in [-0.15, -0.1) is 0 Å². The van der Waals surface area contributed by atoms with Crippen LogP contribution in [0.15, 0.2) is 11.6 Å². The Morgan fingerprint density at radius 3 is 1.68 bits per heavy atom. The van der Waals surface area contributed by atoms with Crippen molar-refractivity contribution in [1.29, 1.82) is 0 Å². The maximum atomic E-state index is 11.6. The smallest absolute Gasteiger partial charge is 0.333 e. The Labute approximate surface area is 156 Å². The SMILES string of the molecule is CCCCCCCCCCCCCCCCOC(=O)C(C)=CCCO. The summed E-state index contributed by atoms with van der Waals surface area (Å²) in [5.41, 5.74) is 0.597. The lowest BCUT2D eigenvalue weighted by Crippen LogP contribution is -2.07. The third-order valence-corrected chi connectivity index (χ3v) is 4.63. The fourth-order valence-electron chi connectivity index (χ4n) is 2.94. The second-order valence-electron chi connectivity index (χ2n) is 7.13. The van der Waals surface area contributed by atoms with Gasteiger partial charge in [-0.1, -0.05) is 96.5 Å². The number of aliphatic hydroxyl groups excluding tert-OH is 1. The van der Waals surface area contributed by atoms with Gasteiger partial charge < -0.3 is 9.84 Å². The first-order valence-electron chi connectivity index (χ1n) is 10.7. The molecular formula is C22H42O3. The third-order valence-electron chi connectivity index (χ3n) is 4.63. The van der Waals surface area contributed by atoms with Crippen LogP contribution in [0.2, 0.25) is 0 Å². The highest BCUT2D eigenvalue weighted by molar-refractivity contribution is 5.87. The minimum Gasteiger partial charge on any atom is -0.462 e. The zero-order chi connectivity index (χ0) is 18.6. The molecule has 148 valence electrons. The molecule has 0 aliphatic rings. The molecule has 0 radical (unpaired) electrons. The average molecular weight is 355 g/mol. The number of esters is 1. The van der Waals surface area contributed by atoms with E-state index in [2.05, 4.69) is 6.92 Å². The molecule has 0 atom stereocenters. The summed E-state index contributed by atoms with van der Waals surface area (Å²) in [6.45, 7) is 4.60. The van der Waals surface area contributed by atoms with E-state index in [0.717, 1.165) is 12.8 Å². The van der Waals surface area contributed by atoms with Gasteiger partial charge >= 0.3 is 5.97 Å². The van der Waals surface area contributed by atoms with Crippen LogP contribution in [0, 0.1) is 0 Å². The monoisotopic (exact) mass is 354 g/mol. The number of ether oxygens (including phenoxy) is 1. The maximum Gasteiger partial charge on any atom is 0.333 e.